The number of fused-ring (bicyclic) bond motifs is 1. The second kappa shape index (κ2) is 11.1. The van der Waals surface area contributed by atoms with Crippen molar-refractivity contribution in [2.75, 3.05) is 6.61 Å². The van der Waals surface area contributed by atoms with Gasteiger partial charge in [-0.15, -0.1) is 0 Å². The average molecular weight is 569 g/mol. The maximum Gasteiger partial charge on any atom is 0.338 e. The smallest absolute Gasteiger partial charge is 0.338 e. The molecule has 0 unspecified atom stereocenters. The van der Waals surface area contributed by atoms with Crippen molar-refractivity contribution in [1.29, 1.82) is 0 Å². The van der Waals surface area contributed by atoms with E-state index in [1.165, 1.54) is 10.6 Å². The van der Waals surface area contributed by atoms with Crippen LogP contribution in [0.15, 0.2) is 57.5 Å². The molecule has 0 aliphatic carbocycles. The molecule has 0 spiro atoms. The van der Waals surface area contributed by atoms with E-state index in [1.807, 2.05) is 13.8 Å². The minimum Gasteiger partial charge on any atom is -0.497 e. The van der Waals surface area contributed by atoms with E-state index < -0.39 is 44.5 Å². The van der Waals surface area contributed by atoms with Gasteiger partial charge >= 0.3 is 17.3 Å². The number of phenols is 1. The van der Waals surface area contributed by atoms with Crippen LogP contribution < -0.4 is 19.6 Å². The zero-order chi connectivity index (χ0) is 29.3. The van der Waals surface area contributed by atoms with Gasteiger partial charge in [0.25, 0.3) is 11.3 Å². The second-order valence-corrected chi connectivity index (χ2v) is 9.94. The van der Waals surface area contributed by atoms with Crippen LogP contribution in [0.5, 0.6) is 11.5 Å². The van der Waals surface area contributed by atoms with Crippen molar-refractivity contribution in [3.05, 3.63) is 98.7 Å². The number of benzene rings is 2. The Hall–Kier alpha value is -4.85. The van der Waals surface area contributed by atoms with Crippen LogP contribution in [0.1, 0.15) is 44.9 Å². The summed E-state index contributed by atoms with van der Waals surface area (Å²) in [6.45, 7) is 7.05. The van der Waals surface area contributed by atoms with Gasteiger partial charge in [-0.3, -0.25) is 29.6 Å². The third-order valence-corrected chi connectivity index (χ3v) is 6.86. The highest BCUT2D eigenvalue weighted by Crippen LogP contribution is 2.38. The number of esters is 1. The molecular formula is C26H24N4O9S. The van der Waals surface area contributed by atoms with Crippen LogP contribution in [0, 0.1) is 20.2 Å². The summed E-state index contributed by atoms with van der Waals surface area (Å²) in [6.07, 6.45) is 1.02. The molecule has 14 heteroatoms. The summed E-state index contributed by atoms with van der Waals surface area (Å²) in [5.74, 6) is -1.31. The van der Waals surface area contributed by atoms with Gasteiger partial charge in [0.2, 0.25) is 0 Å². The van der Waals surface area contributed by atoms with E-state index in [-0.39, 0.29) is 33.2 Å². The molecule has 40 heavy (non-hydrogen) atoms. The molecule has 1 N–H and O–H groups in total. The lowest BCUT2D eigenvalue weighted by Crippen LogP contribution is -2.40. The number of thiazole rings is 1. The molecular weight excluding hydrogens is 544 g/mol. The number of phenolic OH excluding ortho intramolecular Hbond substituents is 1. The molecule has 0 saturated carbocycles. The first-order chi connectivity index (χ1) is 18.9. The van der Waals surface area contributed by atoms with Gasteiger partial charge < -0.3 is 14.6 Å². The predicted octanol–water partition coefficient (Wildman–Crippen LogP) is 3.11. The molecule has 4 rings (SSSR count). The summed E-state index contributed by atoms with van der Waals surface area (Å²) in [7, 11) is 0. The van der Waals surface area contributed by atoms with Crippen LogP contribution in [0.3, 0.4) is 0 Å². The van der Waals surface area contributed by atoms with Gasteiger partial charge in [-0.1, -0.05) is 29.5 Å². The number of nitro benzene ring substituents is 2. The summed E-state index contributed by atoms with van der Waals surface area (Å²) in [5, 5.41) is 32.8. The number of hydrogen-bond acceptors (Lipinski definition) is 11. The third kappa shape index (κ3) is 5.20. The molecule has 1 aromatic heterocycles. The van der Waals surface area contributed by atoms with Gasteiger partial charge in [0, 0.05) is 17.7 Å². The van der Waals surface area contributed by atoms with Crippen molar-refractivity contribution in [2.24, 2.45) is 4.99 Å². The maximum absolute atomic E-state index is 13.8. The molecule has 13 nitrogen and oxygen atoms in total. The topological polar surface area (TPSA) is 176 Å². The highest BCUT2D eigenvalue weighted by atomic mass is 32.1. The minimum absolute atomic E-state index is 0.0400. The van der Waals surface area contributed by atoms with E-state index in [0.29, 0.717) is 17.0 Å². The second-order valence-electron chi connectivity index (χ2n) is 8.93. The van der Waals surface area contributed by atoms with E-state index in [0.717, 1.165) is 23.5 Å². The Balaban J connectivity index is 2.01. The number of allylic oxidation sites excluding steroid dienone is 1. The molecule has 0 saturated heterocycles. The molecule has 2 heterocycles. The number of carbonyl (C=O) groups is 1. The zero-order valence-corrected chi connectivity index (χ0v) is 22.6. The first-order valence-electron chi connectivity index (χ1n) is 12.1. The normalized spacial score (nSPS) is 15.0. The lowest BCUT2D eigenvalue weighted by Gasteiger charge is -2.26. The first-order valence-corrected chi connectivity index (χ1v) is 12.9. The Morgan fingerprint density at radius 3 is 2.40 bits per heavy atom. The molecule has 2 aromatic carbocycles. The van der Waals surface area contributed by atoms with Crippen LogP contribution in [0.4, 0.5) is 11.4 Å². The Morgan fingerprint density at radius 2 is 1.82 bits per heavy atom. The third-order valence-electron chi connectivity index (χ3n) is 5.88. The van der Waals surface area contributed by atoms with Gasteiger partial charge in [0.15, 0.2) is 4.80 Å². The molecule has 0 amide bonds. The number of nitro groups is 2. The first kappa shape index (κ1) is 28.2. The van der Waals surface area contributed by atoms with Crippen LogP contribution >= 0.6 is 11.3 Å². The molecule has 1 atom stereocenters. The lowest BCUT2D eigenvalue weighted by molar-refractivity contribution is -0.396. The number of rotatable bonds is 8. The quantitative estimate of drug-likeness (QED) is 0.243. The number of aromatic nitrogens is 1. The predicted molar refractivity (Wildman–Crippen MR) is 144 cm³/mol. The van der Waals surface area contributed by atoms with Gasteiger partial charge in [-0.05, 0) is 45.4 Å². The highest BCUT2D eigenvalue weighted by Gasteiger charge is 2.35. The summed E-state index contributed by atoms with van der Waals surface area (Å²) >= 11 is 0.937. The van der Waals surface area contributed by atoms with Crippen molar-refractivity contribution in [3.8, 4) is 11.5 Å². The molecule has 1 aliphatic heterocycles. The summed E-state index contributed by atoms with van der Waals surface area (Å²) in [6, 6.07) is 7.83. The van der Waals surface area contributed by atoms with Gasteiger partial charge in [0.05, 0.1) is 38.4 Å². The fourth-order valence-electron chi connectivity index (χ4n) is 4.29. The number of hydrogen-bond donors (Lipinski definition) is 1. The Morgan fingerprint density at radius 1 is 1.20 bits per heavy atom. The fourth-order valence-corrected chi connectivity index (χ4v) is 5.34. The summed E-state index contributed by atoms with van der Waals surface area (Å²) in [5.41, 5.74) is -1.44. The monoisotopic (exact) mass is 568 g/mol. The van der Waals surface area contributed by atoms with Crippen LogP contribution in [0.2, 0.25) is 0 Å². The number of carbonyl (C=O) groups excluding carboxylic acids is 1. The van der Waals surface area contributed by atoms with E-state index in [2.05, 4.69) is 4.99 Å². The standard InChI is InChI=1S/C26H24N4O9S/c1-5-38-25(33)21-14(4)27-26-28(22(21)16-8-6-7-9-19(16)39-13(2)3)24(32)20(40-26)12-15-10-17(29(34)35)23(31)18(11-15)30(36)37/h6-13,22,31H,5H2,1-4H3/b20-12-/t22-/m1/s1. The number of aromatic hydroxyl groups is 1. The van der Waals surface area contributed by atoms with Crippen LogP contribution in [-0.2, 0) is 9.53 Å². The van der Waals surface area contributed by atoms with Gasteiger partial charge in [-0.2, -0.15) is 0 Å². The summed E-state index contributed by atoms with van der Waals surface area (Å²) in [4.78, 5) is 52.5. The summed E-state index contributed by atoms with van der Waals surface area (Å²) < 4.78 is 12.6. The van der Waals surface area contributed by atoms with Crippen molar-refractivity contribution >= 4 is 34.8 Å². The maximum atomic E-state index is 13.8. The van der Waals surface area contributed by atoms with E-state index in [4.69, 9.17) is 9.47 Å². The molecule has 208 valence electrons. The Labute approximate surface area is 230 Å². The lowest BCUT2D eigenvalue weighted by atomic mass is 9.95. The number of ether oxygens (including phenoxy) is 2. The molecule has 0 radical (unpaired) electrons. The van der Waals surface area contributed by atoms with E-state index in [9.17, 15) is 34.9 Å². The average Bonchev–Trinajstić information content (AvgIpc) is 3.18. The Bertz CT molecular complexity index is 1720. The number of para-hydroxylation sites is 1. The molecule has 0 bridgehead atoms. The van der Waals surface area contributed by atoms with E-state index in [1.54, 1.807) is 38.1 Å². The van der Waals surface area contributed by atoms with E-state index >= 15 is 0 Å². The fraction of sp³-hybridized carbons (Fsp3) is 0.269. The SMILES string of the molecule is CCOC(=O)C1=C(C)N=c2s/c(=C\c3cc([N+](=O)[O-])c(O)c([N+](=O)[O-])c3)c(=O)n2[C@@H]1c1ccccc1OC(C)C. The van der Waals surface area contributed by atoms with Gasteiger partial charge in [-0.25, -0.2) is 9.79 Å². The minimum atomic E-state index is -1.09. The highest BCUT2D eigenvalue weighted by molar-refractivity contribution is 7.07. The largest absolute Gasteiger partial charge is 0.497 e. The number of nitrogens with zero attached hydrogens (tertiary/aromatic N) is 4. The van der Waals surface area contributed by atoms with Crippen molar-refractivity contribution in [2.45, 2.75) is 39.8 Å². The Kier molecular flexibility index (Phi) is 7.81. The molecule has 1 aliphatic rings. The van der Waals surface area contributed by atoms with Crippen LogP contribution in [-0.4, -0.2) is 38.2 Å². The van der Waals surface area contributed by atoms with Crippen LogP contribution in [0.25, 0.3) is 6.08 Å². The molecule has 3 aromatic rings. The molecule has 0 fully saturated rings. The zero-order valence-electron chi connectivity index (χ0n) is 21.8. The van der Waals surface area contributed by atoms with Crippen molar-refractivity contribution in [1.82, 2.24) is 4.57 Å². The van der Waals surface area contributed by atoms with Gasteiger partial charge in [0.1, 0.15) is 11.8 Å². The van der Waals surface area contributed by atoms with Crippen molar-refractivity contribution < 1.29 is 29.2 Å². The van der Waals surface area contributed by atoms with Crippen molar-refractivity contribution in [3.63, 3.8) is 0 Å².